The summed E-state index contributed by atoms with van der Waals surface area (Å²) < 4.78 is 0. The van der Waals surface area contributed by atoms with Gasteiger partial charge in [-0.3, -0.25) is 10.9 Å². The summed E-state index contributed by atoms with van der Waals surface area (Å²) in [6.45, 7) is 9.79. The molecule has 2 heterocycles. The van der Waals surface area contributed by atoms with Gasteiger partial charge in [-0.05, 0) is 23.1 Å². The van der Waals surface area contributed by atoms with Crippen LogP contribution in [0.5, 0.6) is 0 Å². The van der Waals surface area contributed by atoms with Crippen LogP contribution in [-0.2, 0) is 6.54 Å². The molecule has 5 nitrogen and oxygen atoms in total. The van der Waals surface area contributed by atoms with Gasteiger partial charge in [0.1, 0.15) is 5.82 Å². The largest absolute Gasteiger partial charge is 0.363 e. The highest BCUT2D eigenvalue weighted by atomic mass is 35.5. The van der Waals surface area contributed by atoms with Crippen LogP contribution in [0, 0.1) is 11.3 Å². The molecule has 0 aromatic carbocycles. The van der Waals surface area contributed by atoms with Crippen molar-refractivity contribution in [3.63, 3.8) is 0 Å². The normalized spacial score (nSPS) is 21.5. The number of nitrogens with one attached hydrogen (secondary N) is 3. The molecule has 2 rings (SSSR count). The predicted molar refractivity (Wildman–Crippen MR) is 95.4 cm³/mol. The molecule has 1 fully saturated rings. The maximum atomic E-state index is 4.35. The van der Waals surface area contributed by atoms with Gasteiger partial charge in [0.15, 0.2) is 0 Å². The van der Waals surface area contributed by atoms with E-state index in [9.17, 15) is 0 Å². The average molecular weight is 328 g/mol. The topological polar surface area (TPSA) is 52.2 Å². The van der Waals surface area contributed by atoms with E-state index < -0.39 is 0 Å². The molecule has 1 aromatic heterocycles. The molecule has 6 heteroatoms. The molecule has 0 aliphatic carbocycles. The SMILES string of the molecule is CN(C)c1cc(CNCC2CNNC2C(C)(C)C)ccn1.Cl. The number of hydrazine groups is 1. The number of hydrogen-bond acceptors (Lipinski definition) is 5. The lowest BCUT2D eigenvalue weighted by atomic mass is 9.80. The van der Waals surface area contributed by atoms with Gasteiger partial charge in [0.05, 0.1) is 0 Å². The van der Waals surface area contributed by atoms with E-state index in [1.807, 2.05) is 25.2 Å². The molecule has 1 aromatic rings. The molecule has 0 bridgehead atoms. The van der Waals surface area contributed by atoms with Gasteiger partial charge in [0.2, 0.25) is 0 Å². The quantitative estimate of drug-likeness (QED) is 0.770. The van der Waals surface area contributed by atoms with Crippen molar-refractivity contribution in [3.8, 4) is 0 Å². The first-order chi connectivity index (χ1) is 9.88. The molecule has 1 aliphatic heterocycles. The third kappa shape index (κ3) is 5.09. The summed E-state index contributed by atoms with van der Waals surface area (Å²) in [6.07, 6.45) is 1.88. The van der Waals surface area contributed by atoms with Gasteiger partial charge < -0.3 is 10.2 Å². The predicted octanol–water partition coefficient (Wildman–Crippen LogP) is 1.80. The first-order valence-electron chi connectivity index (χ1n) is 7.69. The summed E-state index contributed by atoms with van der Waals surface area (Å²) >= 11 is 0. The number of rotatable bonds is 5. The maximum absolute atomic E-state index is 4.35. The lowest BCUT2D eigenvalue weighted by molar-refractivity contribution is 0.235. The summed E-state index contributed by atoms with van der Waals surface area (Å²) in [6, 6.07) is 4.71. The zero-order valence-electron chi connectivity index (χ0n) is 14.3. The van der Waals surface area contributed by atoms with Crippen LogP contribution in [0.3, 0.4) is 0 Å². The second kappa shape index (κ2) is 8.11. The van der Waals surface area contributed by atoms with E-state index in [0.29, 0.717) is 12.0 Å². The number of anilines is 1. The highest BCUT2D eigenvalue weighted by Crippen LogP contribution is 2.26. The van der Waals surface area contributed by atoms with Crippen molar-refractivity contribution < 1.29 is 0 Å². The van der Waals surface area contributed by atoms with E-state index >= 15 is 0 Å². The van der Waals surface area contributed by atoms with Crippen molar-refractivity contribution in [2.75, 3.05) is 32.1 Å². The third-order valence-corrected chi connectivity index (χ3v) is 4.03. The minimum atomic E-state index is 0. The van der Waals surface area contributed by atoms with Gasteiger partial charge in [-0.15, -0.1) is 12.4 Å². The van der Waals surface area contributed by atoms with Gasteiger partial charge in [-0.25, -0.2) is 4.98 Å². The Morgan fingerprint density at radius 1 is 1.36 bits per heavy atom. The van der Waals surface area contributed by atoms with E-state index in [1.165, 1.54) is 5.56 Å². The van der Waals surface area contributed by atoms with Crippen molar-refractivity contribution in [1.82, 2.24) is 21.2 Å². The number of nitrogens with zero attached hydrogens (tertiary/aromatic N) is 2. The average Bonchev–Trinajstić information content (AvgIpc) is 2.87. The summed E-state index contributed by atoms with van der Waals surface area (Å²) in [4.78, 5) is 6.38. The van der Waals surface area contributed by atoms with Crippen molar-refractivity contribution in [2.45, 2.75) is 33.4 Å². The second-order valence-corrected chi connectivity index (χ2v) is 7.18. The van der Waals surface area contributed by atoms with Crippen LogP contribution < -0.4 is 21.1 Å². The Hall–Kier alpha value is -0.880. The molecule has 1 saturated heterocycles. The van der Waals surface area contributed by atoms with E-state index in [-0.39, 0.29) is 17.8 Å². The summed E-state index contributed by atoms with van der Waals surface area (Å²) in [5.41, 5.74) is 8.25. The molecule has 22 heavy (non-hydrogen) atoms. The smallest absolute Gasteiger partial charge is 0.128 e. The Bertz CT molecular complexity index is 458. The van der Waals surface area contributed by atoms with Crippen molar-refractivity contribution in [2.24, 2.45) is 11.3 Å². The van der Waals surface area contributed by atoms with E-state index in [4.69, 9.17) is 0 Å². The van der Waals surface area contributed by atoms with E-state index in [2.05, 4.69) is 54.1 Å². The summed E-state index contributed by atoms with van der Waals surface area (Å²) in [7, 11) is 4.03. The third-order valence-electron chi connectivity index (χ3n) is 4.03. The zero-order chi connectivity index (χ0) is 15.5. The molecule has 126 valence electrons. The molecule has 0 radical (unpaired) electrons. The first-order valence-corrected chi connectivity index (χ1v) is 7.69. The Labute approximate surface area is 140 Å². The number of halogens is 1. The maximum Gasteiger partial charge on any atom is 0.128 e. The van der Waals surface area contributed by atoms with Crippen molar-refractivity contribution in [3.05, 3.63) is 23.9 Å². The number of hydrogen-bond donors (Lipinski definition) is 3. The van der Waals surface area contributed by atoms with E-state index in [1.54, 1.807) is 0 Å². The second-order valence-electron chi connectivity index (χ2n) is 7.18. The highest BCUT2D eigenvalue weighted by Gasteiger charge is 2.35. The molecule has 1 aliphatic rings. The molecule has 0 spiro atoms. The van der Waals surface area contributed by atoms with Gasteiger partial charge in [0, 0.05) is 51.9 Å². The van der Waals surface area contributed by atoms with Crippen LogP contribution in [0.15, 0.2) is 18.3 Å². The van der Waals surface area contributed by atoms with Gasteiger partial charge >= 0.3 is 0 Å². The molecule has 2 unspecified atom stereocenters. The molecule has 0 saturated carbocycles. The lowest BCUT2D eigenvalue weighted by Crippen LogP contribution is -2.44. The van der Waals surface area contributed by atoms with Gasteiger partial charge in [-0.2, -0.15) is 0 Å². The lowest BCUT2D eigenvalue weighted by Gasteiger charge is -2.31. The summed E-state index contributed by atoms with van der Waals surface area (Å²) in [5.74, 6) is 1.62. The molecule has 0 amide bonds. The fourth-order valence-electron chi connectivity index (χ4n) is 2.87. The van der Waals surface area contributed by atoms with Crippen LogP contribution in [0.1, 0.15) is 26.3 Å². The van der Waals surface area contributed by atoms with Gasteiger partial charge in [-0.1, -0.05) is 20.8 Å². The van der Waals surface area contributed by atoms with Crippen molar-refractivity contribution in [1.29, 1.82) is 0 Å². The fraction of sp³-hybridized carbons (Fsp3) is 0.688. The van der Waals surface area contributed by atoms with Crippen LogP contribution in [-0.4, -0.2) is 38.2 Å². The van der Waals surface area contributed by atoms with Crippen LogP contribution in [0.2, 0.25) is 0 Å². The Balaban J connectivity index is 0.00000242. The highest BCUT2D eigenvalue weighted by molar-refractivity contribution is 5.85. The van der Waals surface area contributed by atoms with Gasteiger partial charge in [0.25, 0.3) is 0 Å². The number of pyridine rings is 1. The monoisotopic (exact) mass is 327 g/mol. The Kier molecular flexibility index (Phi) is 7.06. The minimum Gasteiger partial charge on any atom is -0.363 e. The first kappa shape index (κ1) is 19.2. The van der Waals surface area contributed by atoms with Crippen LogP contribution in [0.4, 0.5) is 5.82 Å². The Morgan fingerprint density at radius 3 is 2.73 bits per heavy atom. The number of aromatic nitrogens is 1. The van der Waals surface area contributed by atoms with Crippen molar-refractivity contribution >= 4 is 18.2 Å². The standard InChI is InChI=1S/C16H29N5.ClH/c1-16(2,3)15-13(11-19-20-15)10-17-9-12-6-7-18-14(8-12)21(4)5;/h6-8,13,15,17,19-20H,9-11H2,1-5H3;1H. The van der Waals surface area contributed by atoms with E-state index in [0.717, 1.165) is 25.5 Å². The molecule has 2 atom stereocenters. The summed E-state index contributed by atoms with van der Waals surface area (Å²) in [5, 5.41) is 3.59. The minimum absolute atomic E-state index is 0. The Morgan fingerprint density at radius 2 is 2.09 bits per heavy atom. The fourth-order valence-corrected chi connectivity index (χ4v) is 2.87. The molecule has 3 N–H and O–H groups in total. The molecular formula is C16H30ClN5. The zero-order valence-corrected chi connectivity index (χ0v) is 15.1. The van der Waals surface area contributed by atoms with Crippen LogP contribution in [0.25, 0.3) is 0 Å². The molecular weight excluding hydrogens is 298 g/mol. The van der Waals surface area contributed by atoms with Crippen LogP contribution >= 0.6 is 12.4 Å².